The quantitative estimate of drug-likeness (QED) is 0.131. The molecule has 0 radical (unpaired) electrons. The zero-order chi connectivity index (χ0) is 28.8. The van der Waals surface area contributed by atoms with Crippen molar-refractivity contribution in [3.05, 3.63) is 0 Å². The Morgan fingerprint density at radius 3 is 0.972 bits per heavy atom. The average molecular weight is 521 g/mol. The predicted molar refractivity (Wildman–Crippen MR) is 145 cm³/mol. The molecule has 3 N–H and O–H groups in total. The Balaban J connectivity index is -0.000000352. The Kier molecular flexibility index (Phi) is 35.2. The highest BCUT2D eigenvalue weighted by Gasteiger charge is 2.38. The molecule has 8 nitrogen and oxygen atoms in total. The number of carbonyl (C=O) groups is 4. The lowest BCUT2D eigenvalue weighted by Crippen LogP contribution is -2.33. The number of ether oxygens (including phenoxy) is 1. The largest absolute Gasteiger partial charge is 0.481 e. The first-order chi connectivity index (χ1) is 16.9. The summed E-state index contributed by atoms with van der Waals surface area (Å²) >= 11 is 0. The van der Waals surface area contributed by atoms with Gasteiger partial charge in [0.25, 0.3) is 17.9 Å². The predicted octanol–water partition coefficient (Wildman–Crippen LogP) is 7.72. The molecule has 0 saturated heterocycles. The fourth-order valence-electron chi connectivity index (χ4n) is 3.64. The lowest BCUT2D eigenvalue weighted by Gasteiger charge is -2.32. The molecule has 0 unspecified atom stereocenters. The van der Waals surface area contributed by atoms with Crippen LogP contribution in [-0.4, -0.2) is 45.8 Å². The number of aliphatic carboxylic acids is 3. The fourth-order valence-corrected chi connectivity index (χ4v) is 3.64. The van der Waals surface area contributed by atoms with Gasteiger partial charge in [0, 0.05) is 20.8 Å². The summed E-state index contributed by atoms with van der Waals surface area (Å²) < 4.78 is 5.54. The van der Waals surface area contributed by atoms with Crippen LogP contribution >= 0.6 is 0 Å². The van der Waals surface area contributed by atoms with Crippen molar-refractivity contribution in [1.29, 1.82) is 0 Å². The maximum Gasteiger partial charge on any atom is 0.312 e. The molecular weight excluding hydrogens is 464 g/mol. The highest BCUT2D eigenvalue weighted by Crippen LogP contribution is 2.38. The number of unbranched alkanes of at least 4 members (excludes halogenated alkanes) is 9. The topological polar surface area (TPSA) is 138 Å². The van der Waals surface area contributed by atoms with Crippen molar-refractivity contribution in [2.45, 2.75) is 145 Å². The molecular formula is C28H56O8. The van der Waals surface area contributed by atoms with Gasteiger partial charge in [0.2, 0.25) is 0 Å². The van der Waals surface area contributed by atoms with E-state index in [-0.39, 0.29) is 11.4 Å². The van der Waals surface area contributed by atoms with Crippen LogP contribution in [-0.2, 0) is 23.9 Å². The van der Waals surface area contributed by atoms with Crippen LogP contribution in [0.1, 0.15) is 145 Å². The van der Waals surface area contributed by atoms with Gasteiger partial charge in [0.15, 0.2) is 0 Å². The van der Waals surface area contributed by atoms with Crippen molar-refractivity contribution in [3.8, 4) is 0 Å². The van der Waals surface area contributed by atoms with Crippen molar-refractivity contribution in [1.82, 2.24) is 0 Å². The van der Waals surface area contributed by atoms with E-state index < -0.39 is 17.9 Å². The summed E-state index contributed by atoms with van der Waals surface area (Å²) in [5.41, 5.74) is -0.203. The molecule has 0 amide bonds. The van der Waals surface area contributed by atoms with E-state index in [1.54, 1.807) is 0 Å². The normalized spacial score (nSPS) is 9.86. The minimum Gasteiger partial charge on any atom is -0.481 e. The first kappa shape index (κ1) is 41.0. The maximum atomic E-state index is 12.8. The first-order valence-electron chi connectivity index (χ1n) is 13.6. The minimum absolute atomic E-state index is 0.0921. The van der Waals surface area contributed by atoms with Gasteiger partial charge in [-0.2, -0.15) is 0 Å². The second kappa shape index (κ2) is 30.9. The highest BCUT2D eigenvalue weighted by molar-refractivity contribution is 5.76. The first-order valence-corrected chi connectivity index (χ1v) is 13.6. The molecule has 0 heterocycles. The van der Waals surface area contributed by atoms with E-state index in [0.29, 0.717) is 6.61 Å². The fraction of sp³-hybridized carbons (Fsp3) is 0.857. The molecule has 0 atom stereocenters. The van der Waals surface area contributed by atoms with Crippen molar-refractivity contribution < 1.29 is 39.2 Å². The molecule has 0 aromatic rings. The zero-order valence-electron chi connectivity index (χ0n) is 24.2. The molecule has 216 valence electrons. The second-order valence-electron chi connectivity index (χ2n) is 8.99. The summed E-state index contributed by atoms with van der Waals surface area (Å²) in [5, 5.41) is 22.2. The van der Waals surface area contributed by atoms with Crippen LogP contribution in [0.15, 0.2) is 0 Å². The molecule has 0 saturated carbocycles. The third-order valence-electron chi connectivity index (χ3n) is 5.24. The number of hydrogen-bond acceptors (Lipinski definition) is 5. The Hall–Kier alpha value is -2.12. The molecule has 0 spiro atoms. The van der Waals surface area contributed by atoms with E-state index in [9.17, 15) is 4.79 Å². The smallest absolute Gasteiger partial charge is 0.312 e. The van der Waals surface area contributed by atoms with E-state index >= 15 is 0 Å². The monoisotopic (exact) mass is 520 g/mol. The van der Waals surface area contributed by atoms with Gasteiger partial charge in [0.1, 0.15) is 0 Å². The molecule has 0 aromatic carbocycles. The van der Waals surface area contributed by atoms with Gasteiger partial charge in [-0.15, -0.1) is 0 Å². The molecule has 0 aromatic heterocycles. The lowest BCUT2D eigenvalue weighted by molar-refractivity contribution is -0.157. The maximum absolute atomic E-state index is 12.8. The molecule has 36 heavy (non-hydrogen) atoms. The van der Waals surface area contributed by atoms with Crippen LogP contribution < -0.4 is 0 Å². The van der Waals surface area contributed by atoms with E-state index in [1.807, 2.05) is 6.92 Å². The number of carboxylic acid groups (broad SMARTS) is 3. The van der Waals surface area contributed by atoms with Crippen molar-refractivity contribution in [3.63, 3.8) is 0 Å². The zero-order valence-corrected chi connectivity index (χ0v) is 24.2. The van der Waals surface area contributed by atoms with Crippen LogP contribution in [0.2, 0.25) is 0 Å². The lowest BCUT2D eigenvalue weighted by atomic mass is 9.74. The summed E-state index contributed by atoms with van der Waals surface area (Å²) in [7, 11) is 0. The SMILES string of the molecule is CC(=O)O.CC(=O)O.CC(=O)O.CCCCCCC(CCCCCC)(CCCCCC)C(=O)OCC. The summed E-state index contributed by atoms with van der Waals surface area (Å²) in [6.07, 6.45) is 18.0. The molecule has 0 bridgehead atoms. The Bertz CT molecular complexity index is 460. The van der Waals surface area contributed by atoms with Gasteiger partial charge in [-0.05, 0) is 26.2 Å². The van der Waals surface area contributed by atoms with Crippen molar-refractivity contribution in [2.75, 3.05) is 6.61 Å². The summed E-state index contributed by atoms with van der Waals surface area (Å²) in [6.45, 7) is 12.4. The summed E-state index contributed by atoms with van der Waals surface area (Å²) in [5.74, 6) is -2.41. The van der Waals surface area contributed by atoms with Gasteiger partial charge >= 0.3 is 5.97 Å². The van der Waals surface area contributed by atoms with Crippen LogP contribution in [0.25, 0.3) is 0 Å². The Labute approximate surface area is 220 Å². The third kappa shape index (κ3) is 39.1. The van der Waals surface area contributed by atoms with Gasteiger partial charge in [-0.25, -0.2) is 0 Å². The van der Waals surface area contributed by atoms with E-state index in [4.69, 9.17) is 34.4 Å². The minimum atomic E-state index is -0.833. The van der Waals surface area contributed by atoms with Crippen molar-refractivity contribution >= 4 is 23.9 Å². The number of carboxylic acids is 3. The summed E-state index contributed by atoms with van der Waals surface area (Å²) in [6, 6.07) is 0. The van der Waals surface area contributed by atoms with Crippen LogP contribution in [0.3, 0.4) is 0 Å². The van der Waals surface area contributed by atoms with Gasteiger partial charge in [0.05, 0.1) is 12.0 Å². The van der Waals surface area contributed by atoms with Crippen molar-refractivity contribution in [2.24, 2.45) is 5.41 Å². The highest BCUT2D eigenvalue weighted by atomic mass is 16.5. The average Bonchev–Trinajstić information content (AvgIpc) is 2.75. The number of esters is 1. The standard InChI is InChI=1S/C22H44O2.3C2H4O2/c1-5-9-12-15-18-22(21(23)24-8-4,19-16-13-10-6-2)20-17-14-11-7-3;3*1-2(3)4/h5-20H2,1-4H3;3*1H3,(H,3,4). The molecule has 8 heteroatoms. The van der Waals surface area contributed by atoms with Gasteiger partial charge in [-0.1, -0.05) is 97.8 Å². The van der Waals surface area contributed by atoms with Gasteiger partial charge in [-0.3, -0.25) is 19.2 Å². The third-order valence-corrected chi connectivity index (χ3v) is 5.24. The number of carbonyl (C=O) groups excluding carboxylic acids is 1. The van der Waals surface area contributed by atoms with E-state index in [2.05, 4.69) is 20.8 Å². The molecule has 0 rings (SSSR count). The van der Waals surface area contributed by atoms with E-state index in [1.165, 1.54) is 77.0 Å². The van der Waals surface area contributed by atoms with Gasteiger partial charge < -0.3 is 20.1 Å². The molecule has 0 aliphatic rings. The molecule has 0 aliphatic carbocycles. The molecule has 0 fully saturated rings. The summed E-state index contributed by atoms with van der Waals surface area (Å²) in [4.78, 5) is 39.8. The Morgan fingerprint density at radius 1 is 0.528 bits per heavy atom. The second-order valence-corrected chi connectivity index (χ2v) is 8.99. The van der Waals surface area contributed by atoms with E-state index in [0.717, 1.165) is 40.0 Å². The van der Waals surface area contributed by atoms with Crippen LogP contribution in [0.4, 0.5) is 0 Å². The van der Waals surface area contributed by atoms with Crippen LogP contribution in [0.5, 0.6) is 0 Å². The molecule has 0 aliphatic heterocycles. The number of rotatable bonds is 17. The van der Waals surface area contributed by atoms with Crippen LogP contribution in [0, 0.1) is 5.41 Å². The number of hydrogen-bond donors (Lipinski definition) is 3. The Morgan fingerprint density at radius 2 is 0.778 bits per heavy atom.